The van der Waals surface area contributed by atoms with Gasteiger partial charge in [0.15, 0.2) is 23.4 Å². The third-order valence-electron chi connectivity index (χ3n) is 9.72. The average molecular weight is 679 g/mol. The largest absolute Gasteiger partial charge is 0.455 e. The number of esters is 2. The van der Waals surface area contributed by atoms with E-state index in [1.54, 1.807) is 12.2 Å². The highest BCUT2D eigenvalue weighted by Crippen LogP contribution is 2.56. The Hall–Kier alpha value is -2.63. The third kappa shape index (κ3) is 5.96. The molecular weight excluding hydrogens is 647 g/mol. The number of methoxy groups -OCH3 is 1. The van der Waals surface area contributed by atoms with Crippen LogP contribution in [-0.2, 0) is 33.3 Å². The fourth-order valence-electron chi connectivity index (χ4n) is 7.40. The standard InChI is InChI=1S/C11H9F3O5.C10H13F3O2.C8H9F3O/c1-3(11(12,13)14)9(15)18-7-5-2-4-6(17-5)8(7)19-10(4)16;1-14-6-15-9(10(11,12)13)5-7-2-3-8(9)4-7;9-8(10,11)7(12)4-5-1-2-6(7)3-5/h4-8H,1-2H2;2-3,7-8H,4-6H2,1H3;1-2,5-6,12H,3-4H2. The molecule has 8 nitrogen and oxygen atoms in total. The van der Waals surface area contributed by atoms with Crippen molar-refractivity contribution >= 4 is 11.9 Å². The number of fused-ring (bicyclic) bond motifs is 5. The van der Waals surface area contributed by atoms with Crippen LogP contribution in [0.4, 0.5) is 39.5 Å². The van der Waals surface area contributed by atoms with Crippen LogP contribution in [0.25, 0.3) is 0 Å². The molecule has 11 atom stereocenters. The van der Waals surface area contributed by atoms with Crippen molar-refractivity contribution in [2.24, 2.45) is 29.6 Å². The van der Waals surface area contributed by atoms with Gasteiger partial charge in [-0.05, 0) is 43.9 Å². The van der Waals surface area contributed by atoms with Gasteiger partial charge >= 0.3 is 30.5 Å². The van der Waals surface area contributed by atoms with E-state index in [0.29, 0.717) is 19.3 Å². The van der Waals surface area contributed by atoms with Crippen LogP contribution < -0.4 is 0 Å². The lowest BCUT2D eigenvalue weighted by Crippen LogP contribution is -2.51. The number of rotatable bonds is 5. The molecule has 258 valence electrons. The van der Waals surface area contributed by atoms with Gasteiger partial charge in [0.1, 0.15) is 18.5 Å². The number of allylic oxidation sites excluding steroid dienone is 2. The number of ether oxygens (including phenoxy) is 5. The summed E-state index contributed by atoms with van der Waals surface area (Å²) in [5.74, 6) is -3.72. The second kappa shape index (κ2) is 11.8. The normalized spacial score (nSPS) is 40.8. The minimum absolute atomic E-state index is 0.00785. The minimum atomic E-state index is -4.84. The van der Waals surface area contributed by atoms with Crippen LogP contribution in [0.15, 0.2) is 36.5 Å². The Morgan fingerprint density at radius 2 is 1.54 bits per heavy atom. The first-order valence-electron chi connectivity index (χ1n) is 14.4. The van der Waals surface area contributed by atoms with E-state index in [0.717, 1.165) is 0 Å². The van der Waals surface area contributed by atoms with E-state index in [9.17, 15) is 54.2 Å². The molecule has 0 aromatic carbocycles. The monoisotopic (exact) mass is 678 g/mol. The molecule has 4 aliphatic carbocycles. The van der Waals surface area contributed by atoms with Crippen LogP contribution in [0.5, 0.6) is 0 Å². The summed E-state index contributed by atoms with van der Waals surface area (Å²) in [6.45, 7) is 2.35. The molecule has 11 unspecified atom stereocenters. The van der Waals surface area contributed by atoms with E-state index in [4.69, 9.17) is 18.9 Å². The van der Waals surface area contributed by atoms with E-state index in [1.165, 1.54) is 13.2 Å². The van der Waals surface area contributed by atoms with Gasteiger partial charge in [0.25, 0.3) is 0 Å². The SMILES string of the molecule is C=C(C(=O)OC1C2CC3C(=O)OC1C3O2)C(F)(F)F.COCOC1(C(F)(F)F)CC2C=CC1C2.OC1(C(F)(F)F)CC2C=CC1C2. The van der Waals surface area contributed by atoms with Crippen LogP contribution in [0.2, 0.25) is 0 Å². The number of carbonyl (C=O) groups excluding carboxylic acids is 2. The van der Waals surface area contributed by atoms with Crippen molar-refractivity contribution in [1.29, 1.82) is 0 Å². The van der Waals surface area contributed by atoms with Gasteiger partial charge in [-0.25, -0.2) is 4.79 Å². The number of halogens is 9. The number of hydrogen-bond acceptors (Lipinski definition) is 8. The zero-order valence-electron chi connectivity index (χ0n) is 24.2. The first kappa shape index (κ1) is 34.7. The van der Waals surface area contributed by atoms with E-state index in [2.05, 4.69) is 11.3 Å². The van der Waals surface area contributed by atoms with Crippen molar-refractivity contribution in [1.82, 2.24) is 0 Å². The van der Waals surface area contributed by atoms with Gasteiger partial charge in [-0.1, -0.05) is 30.9 Å². The molecule has 5 fully saturated rings. The van der Waals surface area contributed by atoms with Gasteiger partial charge in [0.05, 0.1) is 12.0 Å². The Bertz CT molecular complexity index is 1280. The summed E-state index contributed by atoms with van der Waals surface area (Å²) in [5, 5.41) is 9.34. The van der Waals surface area contributed by atoms with Crippen molar-refractivity contribution < 1.29 is 77.9 Å². The van der Waals surface area contributed by atoms with Crippen LogP contribution in [0.1, 0.15) is 32.1 Å². The zero-order chi connectivity index (χ0) is 34.0. The molecule has 3 saturated heterocycles. The van der Waals surface area contributed by atoms with Crippen LogP contribution in [0.3, 0.4) is 0 Å². The summed E-state index contributed by atoms with van der Waals surface area (Å²) < 4.78 is 137. The number of alkyl halides is 9. The maximum Gasteiger partial charge on any atom is 0.422 e. The smallest absolute Gasteiger partial charge is 0.422 e. The quantitative estimate of drug-likeness (QED) is 0.141. The maximum atomic E-state index is 13.0. The molecule has 6 bridgehead atoms. The topological polar surface area (TPSA) is 101 Å². The highest BCUT2D eigenvalue weighted by atomic mass is 19.4. The lowest BCUT2D eigenvalue weighted by molar-refractivity contribution is -0.305. The predicted octanol–water partition coefficient (Wildman–Crippen LogP) is 5.11. The lowest BCUT2D eigenvalue weighted by atomic mass is 9.87. The van der Waals surface area contributed by atoms with E-state index >= 15 is 0 Å². The Labute approximate surface area is 256 Å². The molecule has 1 N–H and O–H groups in total. The Morgan fingerprint density at radius 3 is 1.98 bits per heavy atom. The predicted molar refractivity (Wildman–Crippen MR) is 135 cm³/mol. The highest BCUT2D eigenvalue weighted by Gasteiger charge is 2.67. The van der Waals surface area contributed by atoms with Gasteiger partial charge < -0.3 is 28.8 Å². The van der Waals surface area contributed by atoms with Gasteiger partial charge in [0.2, 0.25) is 0 Å². The summed E-state index contributed by atoms with van der Waals surface area (Å²) in [6, 6.07) is 0. The zero-order valence-corrected chi connectivity index (χ0v) is 24.2. The number of aliphatic hydroxyl groups is 1. The molecule has 3 aliphatic heterocycles. The fraction of sp³-hybridized carbons (Fsp3) is 0.724. The van der Waals surface area contributed by atoms with Gasteiger partial charge in [-0.15, -0.1) is 0 Å². The maximum absolute atomic E-state index is 13.0. The summed E-state index contributed by atoms with van der Waals surface area (Å²) in [6.07, 6.45) is -8.63. The Balaban J connectivity index is 0.000000140. The molecule has 0 spiro atoms. The van der Waals surface area contributed by atoms with Crippen molar-refractivity contribution in [3.05, 3.63) is 36.5 Å². The Kier molecular flexibility index (Phi) is 8.91. The lowest BCUT2D eigenvalue weighted by Gasteiger charge is -2.36. The van der Waals surface area contributed by atoms with E-state index < -0.39 is 89.4 Å². The van der Waals surface area contributed by atoms with Gasteiger partial charge in [0, 0.05) is 18.9 Å². The van der Waals surface area contributed by atoms with E-state index in [-0.39, 0.29) is 31.5 Å². The van der Waals surface area contributed by atoms with Crippen LogP contribution >= 0.6 is 0 Å². The van der Waals surface area contributed by atoms with Crippen molar-refractivity contribution in [2.75, 3.05) is 13.9 Å². The molecule has 7 aliphatic rings. The van der Waals surface area contributed by atoms with Crippen molar-refractivity contribution in [3.63, 3.8) is 0 Å². The number of carbonyl (C=O) groups is 2. The van der Waals surface area contributed by atoms with E-state index in [1.807, 2.05) is 6.08 Å². The number of hydrogen-bond donors (Lipinski definition) is 1. The highest BCUT2D eigenvalue weighted by molar-refractivity contribution is 5.89. The molecular formula is C29H31F9O8. The van der Waals surface area contributed by atoms with Crippen LogP contribution in [0, 0.1) is 29.6 Å². The Morgan fingerprint density at radius 1 is 0.935 bits per heavy atom. The summed E-state index contributed by atoms with van der Waals surface area (Å²) >= 11 is 0. The van der Waals surface area contributed by atoms with Crippen molar-refractivity contribution in [2.45, 2.75) is 86.3 Å². The molecule has 17 heteroatoms. The second-order valence-corrected chi connectivity index (χ2v) is 12.5. The second-order valence-electron chi connectivity index (χ2n) is 12.5. The van der Waals surface area contributed by atoms with Gasteiger partial charge in [-0.3, -0.25) is 4.79 Å². The summed E-state index contributed by atoms with van der Waals surface area (Å²) in [7, 11) is 1.33. The average Bonchev–Trinajstić information content (AvgIpc) is 3.79. The molecule has 46 heavy (non-hydrogen) atoms. The van der Waals surface area contributed by atoms with Crippen molar-refractivity contribution in [3.8, 4) is 0 Å². The molecule has 2 saturated carbocycles. The minimum Gasteiger partial charge on any atom is -0.455 e. The van der Waals surface area contributed by atoms with Gasteiger partial charge in [-0.2, -0.15) is 39.5 Å². The molecule has 0 radical (unpaired) electrons. The molecule has 0 amide bonds. The molecule has 3 heterocycles. The first-order valence-corrected chi connectivity index (χ1v) is 14.4. The summed E-state index contributed by atoms with van der Waals surface area (Å²) in [4.78, 5) is 22.7. The third-order valence-corrected chi connectivity index (χ3v) is 9.72. The molecule has 0 aromatic rings. The first-order chi connectivity index (χ1) is 21.2. The molecule has 7 rings (SSSR count). The molecule has 0 aromatic heterocycles. The summed E-state index contributed by atoms with van der Waals surface area (Å²) in [5.41, 5.74) is -6.04. The van der Waals surface area contributed by atoms with Crippen LogP contribution in [-0.4, -0.2) is 85.1 Å². The fourth-order valence-corrected chi connectivity index (χ4v) is 7.40.